The second-order valence-corrected chi connectivity index (χ2v) is 7.98. The lowest BCUT2D eigenvalue weighted by molar-refractivity contribution is 0.201. The predicted molar refractivity (Wildman–Crippen MR) is 103 cm³/mol. The monoisotopic (exact) mass is 329 g/mol. The van der Waals surface area contributed by atoms with E-state index in [0.29, 0.717) is 0 Å². The van der Waals surface area contributed by atoms with Crippen molar-refractivity contribution in [3.05, 3.63) is 59.2 Å². The van der Waals surface area contributed by atoms with Crippen molar-refractivity contribution in [3.63, 3.8) is 0 Å². The number of fused-ring (bicyclic) bond motifs is 3. The zero-order valence-electron chi connectivity index (χ0n) is 15.2. The smallest absolute Gasteiger partial charge is 0.0991 e. The van der Waals surface area contributed by atoms with Crippen LogP contribution < -0.4 is 0 Å². The molecule has 0 radical (unpaired) electrons. The summed E-state index contributed by atoms with van der Waals surface area (Å²) in [7, 11) is 0. The molecule has 2 aliphatic carbocycles. The third-order valence-corrected chi connectivity index (χ3v) is 6.46. The van der Waals surface area contributed by atoms with E-state index in [4.69, 9.17) is 5.26 Å². The van der Waals surface area contributed by atoms with Gasteiger partial charge in [0.1, 0.15) is 0 Å². The molecule has 0 aromatic heterocycles. The number of benzene rings is 2. The molecule has 0 N–H and O–H groups in total. The first-order valence-corrected chi connectivity index (χ1v) is 9.92. The molecule has 1 heteroatoms. The molecule has 128 valence electrons. The molecule has 2 aromatic carbocycles. The molecule has 25 heavy (non-hydrogen) atoms. The molecule has 4 rings (SSSR count). The number of aryl methyl sites for hydroxylation is 1. The van der Waals surface area contributed by atoms with Crippen LogP contribution in [-0.4, -0.2) is 0 Å². The summed E-state index contributed by atoms with van der Waals surface area (Å²) in [6.07, 6.45) is 9.63. The van der Waals surface area contributed by atoms with Crippen LogP contribution in [-0.2, 0) is 6.42 Å². The molecule has 1 nitrogen and oxygen atoms in total. The maximum absolute atomic E-state index is 8.97. The Morgan fingerprint density at radius 3 is 2.56 bits per heavy atom. The molecule has 0 aliphatic heterocycles. The van der Waals surface area contributed by atoms with Gasteiger partial charge in [-0.15, -0.1) is 0 Å². The SMILES string of the molecule is CCC[C@@H]1CC[C@@H]2c3ccc(-c4ccc(C#N)cc4)cc3CC[C@H]2C1. The van der Waals surface area contributed by atoms with Crippen molar-refractivity contribution in [2.75, 3.05) is 0 Å². The van der Waals surface area contributed by atoms with E-state index in [2.05, 4.69) is 43.3 Å². The zero-order valence-corrected chi connectivity index (χ0v) is 15.2. The Kier molecular flexibility index (Phi) is 4.62. The van der Waals surface area contributed by atoms with Crippen LogP contribution in [0, 0.1) is 23.2 Å². The Bertz CT molecular complexity index is 781. The number of nitrogens with zero attached hydrogens (tertiary/aromatic N) is 1. The van der Waals surface area contributed by atoms with Crippen LogP contribution in [0.4, 0.5) is 0 Å². The quantitative estimate of drug-likeness (QED) is 0.633. The lowest BCUT2D eigenvalue weighted by atomic mass is 9.64. The van der Waals surface area contributed by atoms with Crippen LogP contribution in [0.2, 0.25) is 0 Å². The van der Waals surface area contributed by atoms with Crippen molar-refractivity contribution in [2.45, 2.75) is 57.8 Å². The van der Waals surface area contributed by atoms with Crippen LogP contribution in [0.25, 0.3) is 11.1 Å². The van der Waals surface area contributed by atoms with Crippen molar-refractivity contribution in [3.8, 4) is 17.2 Å². The number of nitriles is 1. The van der Waals surface area contributed by atoms with Crippen LogP contribution in [0.15, 0.2) is 42.5 Å². The van der Waals surface area contributed by atoms with Gasteiger partial charge in [0.15, 0.2) is 0 Å². The maximum Gasteiger partial charge on any atom is 0.0991 e. The van der Waals surface area contributed by atoms with Gasteiger partial charge in [-0.2, -0.15) is 5.26 Å². The molecule has 1 saturated carbocycles. The predicted octanol–water partition coefficient (Wildman–Crippen LogP) is 6.47. The Labute approximate surface area is 151 Å². The fraction of sp³-hybridized carbons (Fsp3) is 0.458. The molecule has 2 aliphatic rings. The average molecular weight is 329 g/mol. The molecule has 0 unspecified atom stereocenters. The van der Waals surface area contributed by atoms with Gasteiger partial charge >= 0.3 is 0 Å². The lowest BCUT2D eigenvalue weighted by Crippen LogP contribution is -2.28. The highest BCUT2D eigenvalue weighted by atomic mass is 14.4. The van der Waals surface area contributed by atoms with Gasteiger partial charge in [-0.3, -0.25) is 0 Å². The van der Waals surface area contributed by atoms with E-state index in [1.54, 1.807) is 11.1 Å². The van der Waals surface area contributed by atoms with Gasteiger partial charge < -0.3 is 0 Å². The molecule has 3 atom stereocenters. The van der Waals surface area contributed by atoms with Gasteiger partial charge in [-0.25, -0.2) is 0 Å². The van der Waals surface area contributed by atoms with Crippen LogP contribution in [0.3, 0.4) is 0 Å². The standard InChI is InChI=1S/C24H27N/c1-2-3-17-6-12-23-21(14-17)9-10-22-15-20(11-13-24(22)23)19-7-4-18(16-25)5-8-19/h4-5,7-8,11,13,15,17,21,23H,2-3,6,9-10,12,14H2,1H3/t17-,21+,23+/m1/s1. The largest absolute Gasteiger partial charge is 0.192 e. The topological polar surface area (TPSA) is 23.8 Å². The van der Waals surface area contributed by atoms with Gasteiger partial charge in [-0.1, -0.05) is 50.1 Å². The van der Waals surface area contributed by atoms with Crippen LogP contribution >= 0.6 is 0 Å². The first-order valence-electron chi connectivity index (χ1n) is 9.92. The summed E-state index contributed by atoms with van der Waals surface area (Å²) in [4.78, 5) is 0. The Hall–Kier alpha value is -2.07. The first kappa shape index (κ1) is 16.4. The third-order valence-electron chi connectivity index (χ3n) is 6.46. The maximum atomic E-state index is 8.97. The Morgan fingerprint density at radius 2 is 1.80 bits per heavy atom. The molecule has 0 amide bonds. The van der Waals surface area contributed by atoms with Gasteiger partial charge in [0, 0.05) is 0 Å². The zero-order chi connectivity index (χ0) is 17.2. The molecular weight excluding hydrogens is 302 g/mol. The average Bonchev–Trinajstić information content (AvgIpc) is 2.67. The summed E-state index contributed by atoms with van der Waals surface area (Å²) in [5, 5.41) is 8.97. The lowest BCUT2D eigenvalue weighted by Gasteiger charge is -2.40. The van der Waals surface area contributed by atoms with E-state index in [1.165, 1.54) is 56.1 Å². The summed E-state index contributed by atoms with van der Waals surface area (Å²) < 4.78 is 0. The van der Waals surface area contributed by atoms with Gasteiger partial charge in [0.05, 0.1) is 11.6 Å². The molecular formula is C24H27N. The van der Waals surface area contributed by atoms with E-state index in [1.807, 2.05) is 12.1 Å². The van der Waals surface area contributed by atoms with E-state index in [0.717, 1.165) is 23.3 Å². The highest BCUT2D eigenvalue weighted by molar-refractivity contribution is 5.66. The minimum absolute atomic E-state index is 0.730. The van der Waals surface area contributed by atoms with Crippen LogP contribution in [0.1, 0.15) is 68.1 Å². The van der Waals surface area contributed by atoms with Crippen molar-refractivity contribution >= 4 is 0 Å². The first-order chi connectivity index (χ1) is 12.3. The number of hydrogen-bond donors (Lipinski definition) is 0. The van der Waals surface area contributed by atoms with Crippen LogP contribution in [0.5, 0.6) is 0 Å². The van der Waals surface area contributed by atoms with Gasteiger partial charge in [-0.05, 0) is 84.2 Å². The van der Waals surface area contributed by atoms with E-state index in [9.17, 15) is 0 Å². The van der Waals surface area contributed by atoms with Crippen molar-refractivity contribution in [1.82, 2.24) is 0 Å². The van der Waals surface area contributed by atoms with E-state index >= 15 is 0 Å². The molecule has 2 aromatic rings. The molecule has 0 saturated heterocycles. The Morgan fingerprint density at radius 1 is 1.00 bits per heavy atom. The van der Waals surface area contributed by atoms with Crippen molar-refractivity contribution in [2.24, 2.45) is 11.8 Å². The van der Waals surface area contributed by atoms with E-state index in [-0.39, 0.29) is 0 Å². The Balaban J connectivity index is 1.57. The van der Waals surface area contributed by atoms with Crippen molar-refractivity contribution in [1.29, 1.82) is 5.26 Å². The highest BCUT2D eigenvalue weighted by Gasteiger charge is 2.34. The number of rotatable bonds is 3. The normalized spacial score (nSPS) is 24.9. The molecule has 0 heterocycles. The fourth-order valence-electron chi connectivity index (χ4n) is 5.20. The second-order valence-electron chi connectivity index (χ2n) is 7.98. The summed E-state index contributed by atoms with van der Waals surface area (Å²) in [5.41, 5.74) is 6.44. The van der Waals surface area contributed by atoms with E-state index < -0.39 is 0 Å². The molecule has 1 fully saturated rings. The summed E-state index contributed by atoms with van der Waals surface area (Å²) in [6, 6.07) is 17.3. The minimum atomic E-state index is 0.730. The fourth-order valence-corrected chi connectivity index (χ4v) is 5.20. The molecule has 0 bridgehead atoms. The minimum Gasteiger partial charge on any atom is -0.192 e. The third kappa shape index (κ3) is 3.23. The van der Waals surface area contributed by atoms with Crippen molar-refractivity contribution < 1.29 is 0 Å². The van der Waals surface area contributed by atoms with Gasteiger partial charge in [0.25, 0.3) is 0 Å². The molecule has 0 spiro atoms. The number of hydrogen-bond acceptors (Lipinski definition) is 1. The highest BCUT2D eigenvalue weighted by Crippen LogP contribution is 2.48. The second kappa shape index (κ2) is 7.04. The summed E-state index contributed by atoms with van der Waals surface area (Å²) >= 11 is 0. The van der Waals surface area contributed by atoms with Gasteiger partial charge in [0.2, 0.25) is 0 Å². The summed E-state index contributed by atoms with van der Waals surface area (Å²) in [5.74, 6) is 2.69. The summed E-state index contributed by atoms with van der Waals surface area (Å²) in [6.45, 7) is 2.33.